The summed E-state index contributed by atoms with van der Waals surface area (Å²) in [7, 11) is 0. The van der Waals surface area contributed by atoms with Crippen LogP contribution >= 0.6 is 0 Å². The molecule has 0 saturated carbocycles. The van der Waals surface area contributed by atoms with E-state index in [1.165, 1.54) is 6.21 Å². The van der Waals surface area contributed by atoms with Gasteiger partial charge in [0.15, 0.2) is 6.04 Å². The summed E-state index contributed by atoms with van der Waals surface area (Å²) in [6, 6.07) is 19.6. The molecule has 0 spiro atoms. The summed E-state index contributed by atoms with van der Waals surface area (Å²) in [5, 5.41) is 16.4. The first kappa shape index (κ1) is 19.0. The van der Waals surface area contributed by atoms with E-state index in [0.29, 0.717) is 16.9 Å². The second-order valence-electron chi connectivity index (χ2n) is 6.57. The molecule has 3 rings (SSSR count). The van der Waals surface area contributed by atoms with Crippen LogP contribution in [0.15, 0.2) is 71.8 Å². The summed E-state index contributed by atoms with van der Waals surface area (Å²) >= 11 is 0. The Hall–Kier alpha value is -3.80. The number of rotatable bonds is 6. The minimum absolute atomic E-state index is 0.662. The predicted octanol–water partition coefficient (Wildman–Crippen LogP) is 3.77. The van der Waals surface area contributed by atoms with Crippen LogP contribution in [0.3, 0.4) is 0 Å². The molecule has 3 aromatic carbocycles. The van der Waals surface area contributed by atoms with Gasteiger partial charge >= 0.3 is 5.97 Å². The fourth-order valence-electron chi connectivity index (χ4n) is 3.07. The van der Waals surface area contributed by atoms with Crippen molar-refractivity contribution in [3.63, 3.8) is 0 Å². The van der Waals surface area contributed by atoms with Gasteiger partial charge in [0.25, 0.3) is 0 Å². The lowest BCUT2D eigenvalue weighted by Crippen LogP contribution is -2.20. The van der Waals surface area contributed by atoms with Gasteiger partial charge in [-0.25, -0.2) is 4.79 Å². The third-order valence-corrected chi connectivity index (χ3v) is 4.35. The molecule has 1 atom stereocenters. The van der Waals surface area contributed by atoms with Crippen LogP contribution in [-0.4, -0.2) is 17.3 Å². The van der Waals surface area contributed by atoms with Crippen molar-refractivity contribution in [3.05, 3.63) is 83.4 Å². The number of carboxylic acid groups (broad SMARTS) is 1. The quantitative estimate of drug-likeness (QED) is 0.227. The lowest BCUT2D eigenvalue weighted by molar-refractivity contribution is -0.138. The molecule has 6 nitrogen and oxygen atoms in total. The number of nitrogens with zero attached hydrogens (tertiary/aromatic N) is 1. The zero-order valence-corrected chi connectivity index (χ0v) is 15.5. The molecule has 0 aliphatic heterocycles. The van der Waals surface area contributed by atoms with Crippen LogP contribution in [0, 0.1) is 6.92 Å². The third-order valence-electron chi connectivity index (χ3n) is 4.35. The number of benzene rings is 3. The van der Waals surface area contributed by atoms with Gasteiger partial charge in [0, 0.05) is 11.4 Å². The Morgan fingerprint density at radius 3 is 2.46 bits per heavy atom. The molecule has 0 aromatic heterocycles. The number of hydrazone groups is 1. The molecular weight excluding hydrogens is 352 g/mol. The smallest absolute Gasteiger partial charge is 0.330 e. The van der Waals surface area contributed by atoms with Crippen molar-refractivity contribution in [2.24, 2.45) is 10.9 Å². The number of aryl methyl sites for hydroxylation is 1. The highest BCUT2D eigenvalue weighted by atomic mass is 16.4. The van der Waals surface area contributed by atoms with Gasteiger partial charge in [-0.3, -0.25) is 0 Å². The Bertz CT molecular complexity index is 1010. The molecule has 0 amide bonds. The first-order valence-electron chi connectivity index (χ1n) is 8.76. The van der Waals surface area contributed by atoms with E-state index in [0.717, 1.165) is 22.3 Å². The van der Waals surface area contributed by atoms with Gasteiger partial charge in [0.05, 0.1) is 6.21 Å². The fourth-order valence-corrected chi connectivity index (χ4v) is 3.07. The molecule has 0 bridgehead atoms. The zero-order valence-electron chi connectivity index (χ0n) is 15.5. The van der Waals surface area contributed by atoms with Gasteiger partial charge < -0.3 is 22.0 Å². The van der Waals surface area contributed by atoms with E-state index in [1.54, 1.807) is 12.1 Å². The summed E-state index contributed by atoms with van der Waals surface area (Å²) in [6.07, 6.45) is 1.52. The molecule has 0 saturated heterocycles. The molecule has 6 N–H and O–H groups in total. The van der Waals surface area contributed by atoms with Crippen molar-refractivity contribution in [2.75, 3.05) is 11.1 Å². The van der Waals surface area contributed by atoms with Crippen molar-refractivity contribution in [1.29, 1.82) is 0 Å². The van der Waals surface area contributed by atoms with Gasteiger partial charge in [0.1, 0.15) is 0 Å². The maximum absolute atomic E-state index is 12.0. The molecule has 0 radical (unpaired) electrons. The summed E-state index contributed by atoms with van der Waals surface area (Å²) < 4.78 is 0. The van der Waals surface area contributed by atoms with Gasteiger partial charge in [-0.15, -0.1) is 0 Å². The van der Waals surface area contributed by atoms with E-state index in [4.69, 9.17) is 11.6 Å². The summed E-state index contributed by atoms with van der Waals surface area (Å²) in [6.45, 7) is 1.94. The van der Waals surface area contributed by atoms with Crippen molar-refractivity contribution in [2.45, 2.75) is 13.0 Å². The Morgan fingerprint density at radius 2 is 1.82 bits per heavy atom. The molecule has 1 unspecified atom stereocenters. The van der Waals surface area contributed by atoms with Crippen LogP contribution in [0.25, 0.3) is 11.1 Å². The summed E-state index contributed by atoms with van der Waals surface area (Å²) in [4.78, 5) is 12.0. The number of aliphatic carboxylic acids is 1. The lowest BCUT2D eigenvalue weighted by Gasteiger charge is -2.18. The number of carbonyl (C=O) groups is 1. The average Bonchev–Trinajstić information content (AvgIpc) is 2.67. The van der Waals surface area contributed by atoms with E-state index in [2.05, 4.69) is 10.4 Å². The highest BCUT2D eigenvalue weighted by Crippen LogP contribution is 2.28. The maximum atomic E-state index is 12.0. The first-order valence-corrected chi connectivity index (χ1v) is 8.76. The molecule has 0 heterocycles. The number of nitrogens with two attached hydrogens (primary N) is 2. The second kappa shape index (κ2) is 8.26. The summed E-state index contributed by atoms with van der Waals surface area (Å²) in [5.41, 5.74) is 11.6. The van der Waals surface area contributed by atoms with Crippen LogP contribution in [0.4, 0.5) is 11.4 Å². The third kappa shape index (κ3) is 4.48. The van der Waals surface area contributed by atoms with Crippen LogP contribution in [0.5, 0.6) is 0 Å². The molecule has 142 valence electrons. The highest BCUT2D eigenvalue weighted by molar-refractivity contribution is 5.82. The Balaban J connectivity index is 1.94. The number of hydrogen-bond donors (Lipinski definition) is 4. The highest BCUT2D eigenvalue weighted by Gasteiger charge is 2.21. The molecule has 0 fully saturated rings. The van der Waals surface area contributed by atoms with Gasteiger partial charge in [-0.1, -0.05) is 42.0 Å². The molecule has 28 heavy (non-hydrogen) atoms. The lowest BCUT2D eigenvalue weighted by atomic mass is 9.96. The molecule has 3 aromatic rings. The van der Waals surface area contributed by atoms with Crippen LogP contribution in [-0.2, 0) is 4.79 Å². The largest absolute Gasteiger partial charge is 0.479 e. The number of anilines is 2. The minimum atomic E-state index is -0.961. The molecule has 0 aliphatic rings. The van der Waals surface area contributed by atoms with Crippen LogP contribution < -0.4 is 16.9 Å². The number of nitrogen functional groups attached to an aromatic ring is 1. The normalized spacial score (nSPS) is 12.0. The Morgan fingerprint density at radius 1 is 1.07 bits per heavy atom. The van der Waals surface area contributed by atoms with Crippen molar-refractivity contribution < 1.29 is 9.90 Å². The van der Waals surface area contributed by atoms with E-state index < -0.39 is 12.0 Å². The average molecular weight is 374 g/mol. The van der Waals surface area contributed by atoms with E-state index in [1.807, 2.05) is 61.5 Å². The van der Waals surface area contributed by atoms with Crippen molar-refractivity contribution in [1.82, 2.24) is 0 Å². The summed E-state index contributed by atoms with van der Waals surface area (Å²) in [5.74, 6) is 4.19. The second-order valence-corrected chi connectivity index (χ2v) is 6.57. The van der Waals surface area contributed by atoms with Crippen molar-refractivity contribution in [3.8, 4) is 11.1 Å². The first-order chi connectivity index (χ1) is 13.5. The monoisotopic (exact) mass is 374 g/mol. The standard InChI is InChI=1S/C22H22N4O2/c1-14-9-17(16-3-2-4-19(23)12-16)11-18(10-14)21(22(27)28)26-20-7-5-15(6-8-20)13-25-24/h2-13,21,26H,23-24H2,1H3,(H,27,28). The van der Waals surface area contributed by atoms with Crippen molar-refractivity contribution >= 4 is 23.6 Å². The van der Waals surface area contributed by atoms with E-state index in [-0.39, 0.29) is 0 Å². The zero-order chi connectivity index (χ0) is 20.1. The van der Waals surface area contributed by atoms with Gasteiger partial charge in [-0.05, 0) is 59.5 Å². The topological polar surface area (TPSA) is 114 Å². The van der Waals surface area contributed by atoms with E-state index in [9.17, 15) is 9.90 Å². The SMILES string of the molecule is Cc1cc(-c2cccc(N)c2)cc(C(Nc2ccc(C=NN)cc2)C(=O)O)c1. The van der Waals surface area contributed by atoms with Gasteiger partial charge in [0.2, 0.25) is 0 Å². The predicted molar refractivity (Wildman–Crippen MR) is 113 cm³/mol. The number of nitrogens with one attached hydrogen (secondary N) is 1. The number of carboxylic acids is 1. The minimum Gasteiger partial charge on any atom is -0.479 e. The number of hydrogen-bond acceptors (Lipinski definition) is 5. The fraction of sp³-hybridized carbons (Fsp3) is 0.0909. The van der Waals surface area contributed by atoms with Crippen LogP contribution in [0.1, 0.15) is 22.7 Å². The van der Waals surface area contributed by atoms with Gasteiger partial charge in [-0.2, -0.15) is 5.10 Å². The Labute approximate surface area is 163 Å². The molecule has 6 heteroatoms. The Kier molecular flexibility index (Phi) is 5.60. The molecule has 0 aliphatic carbocycles. The van der Waals surface area contributed by atoms with Crippen LogP contribution in [0.2, 0.25) is 0 Å². The maximum Gasteiger partial charge on any atom is 0.330 e. The molecular formula is C22H22N4O2. The van der Waals surface area contributed by atoms with E-state index >= 15 is 0 Å².